The second kappa shape index (κ2) is 11.8. The van der Waals surface area contributed by atoms with Gasteiger partial charge in [0.05, 0.1) is 11.4 Å². The van der Waals surface area contributed by atoms with Gasteiger partial charge in [-0.25, -0.2) is 9.97 Å². The van der Waals surface area contributed by atoms with Gasteiger partial charge in [0.2, 0.25) is 0 Å². The Morgan fingerprint density at radius 1 is 0.250 bits per heavy atom. The Morgan fingerprint density at radius 3 is 1.42 bits per heavy atom. The lowest BCUT2D eigenvalue weighted by atomic mass is 9.91. The molecule has 2 heteroatoms. The average molecular weight is 611 g/mol. The smallest absolute Gasteiger partial charge is 0.160 e. The molecule has 8 aromatic carbocycles. The van der Waals surface area contributed by atoms with Crippen LogP contribution in [0.15, 0.2) is 182 Å². The molecular weight excluding hydrogens is 581 g/mol. The summed E-state index contributed by atoms with van der Waals surface area (Å²) in [5.74, 6) is 0.714. The Kier molecular flexibility index (Phi) is 6.84. The molecule has 0 aliphatic rings. The van der Waals surface area contributed by atoms with E-state index in [0.29, 0.717) is 5.82 Å². The maximum Gasteiger partial charge on any atom is 0.160 e. The third-order valence-corrected chi connectivity index (χ3v) is 9.28. The SMILES string of the molecule is c1ccc(-c2cc(-c3ccccc3-c3cccc(-c4ccc5c6ccccc6c6ccccc6c5c4)c3)nc(-c3ccccc3)n2)cc1. The van der Waals surface area contributed by atoms with Crippen molar-refractivity contribution in [2.75, 3.05) is 0 Å². The number of rotatable bonds is 5. The normalized spacial score (nSPS) is 11.3. The highest BCUT2D eigenvalue weighted by atomic mass is 14.9. The van der Waals surface area contributed by atoms with Crippen molar-refractivity contribution in [2.45, 2.75) is 0 Å². The minimum atomic E-state index is 0.714. The second-order valence-corrected chi connectivity index (χ2v) is 12.2. The second-order valence-electron chi connectivity index (χ2n) is 12.2. The van der Waals surface area contributed by atoms with E-state index in [0.717, 1.165) is 39.2 Å². The Balaban J connectivity index is 1.19. The zero-order valence-electron chi connectivity index (χ0n) is 26.2. The van der Waals surface area contributed by atoms with Crippen LogP contribution < -0.4 is 0 Å². The third kappa shape index (κ3) is 4.92. The summed E-state index contributed by atoms with van der Waals surface area (Å²) in [6.07, 6.45) is 0. The van der Waals surface area contributed by atoms with Crippen molar-refractivity contribution in [2.24, 2.45) is 0 Å². The summed E-state index contributed by atoms with van der Waals surface area (Å²) in [5.41, 5.74) is 9.58. The van der Waals surface area contributed by atoms with Crippen molar-refractivity contribution in [3.8, 4) is 56.2 Å². The molecule has 0 aliphatic carbocycles. The van der Waals surface area contributed by atoms with E-state index in [1.807, 2.05) is 24.3 Å². The van der Waals surface area contributed by atoms with Crippen LogP contribution in [0.5, 0.6) is 0 Å². The van der Waals surface area contributed by atoms with Crippen LogP contribution in [-0.2, 0) is 0 Å². The number of fused-ring (bicyclic) bond motifs is 6. The molecule has 0 bridgehead atoms. The van der Waals surface area contributed by atoms with Gasteiger partial charge in [-0.1, -0.05) is 164 Å². The highest BCUT2D eigenvalue weighted by molar-refractivity contribution is 6.25. The van der Waals surface area contributed by atoms with E-state index in [1.54, 1.807) is 0 Å². The van der Waals surface area contributed by atoms with Crippen molar-refractivity contribution in [1.29, 1.82) is 0 Å². The summed E-state index contributed by atoms with van der Waals surface area (Å²) in [6.45, 7) is 0. The summed E-state index contributed by atoms with van der Waals surface area (Å²) in [7, 11) is 0. The number of benzene rings is 8. The van der Waals surface area contributed by atoms with Gasteiger partial charge >= 0.3 is 0 Å². The van der Waals surface area contributed by atoms with Crippen LogP contribution in [0.25, 0.3) is 88.5 Å². The van der Waals surface area contributed by atoms with Crippen LogP contribution >= 0.6 is 0 Å². The van der Waals surface area contributed by atoms with E-state index in [1.165, 1.54) is 43.4 Å². The van der Waals surface area contributed by atoms with E-state index in [2.05, 4.69) is 158 Å². The summed E-state index contributed by atoms with van der Waals surface area (Å²) in [6, 6.07) is 64.5. The fraction of sp³-hybridized carbons (Fsp3) is 0. The van der Waals surface area contributed by atoms with E-state index in [-0.39, 0.29) is 0 Å². The molecule has 0 radical (unpaired) electrons. The quantitative estimate of drug-likeness (QED) is 0.181. The standard InChI is InChI=1S/C46H30N2/c1-3-14-31(15-4-1)44-30-45(48-46(47-44)32-16-5-2-6-17-32)42-25-12-7-20-36(42)35-19-13-18-33(28-35)34-26-27-41-39-23-9-8-21-37(39)38-22-10-11-24-40(38)43(41)29-34/h1-30H. The molecule has 0 unspecified atom stereocenters. The average Bonchev–Trinajstić information content (AvgIpc) is 3.18. The molecule has 9 rings (SSSR count). The summed E-state index contributed by atoms with van der Waals surface area (Å²) < 4.78 is 0. The monoisotopic (exact) mass is 610 g/mol. The van der Waals surface area contributed by atoms with Crippen LogP contribution in [0.2, 0.25) is 0 Å². The Labute approximate surface area is 279 Å². The first kappa shape index (κ1) is 27.9. The molecule has 0 atom stereocenters. The lowest BCUT2D eigenvalue weighted by Gasteiger charge is -2.14. The molecule has 2 nitrogen and oxygen atoms in total. The molecule has 0 saturated heterocycles. The lowest BCUT2D eigenvalue weighted by Crippen LogP contribution is -1.97. The van der Waals surface area contributed by atoms with Crippen molar-refractivity contribution in [3.63, 3.8) is 0 Å². The molecule has 0 saturated carbocycles. The first-order chi connectivity index (χ1) is 23.8. The van der Waals surface area contributed by atoms with Gasteiger partial charge in [0.15, 0.2) is 5.82 Å². The number of hydrogen-bond acceptors (Lipinski definition) is 2. The van der Waals surface area contributed by atoms with Crippen molar-refractivity contribution in [3.05, 3.63) is 182 Å². The number of aromatic nitrogens is 2. The first-order valence-corrected chi connectivity index (χ1v) is 16.3. The highest BCUT2D eigenvalue weighted by Gasteiger charge is 2.15. The Hall–Kier alpha value is -6.38. The van der Waals surface area contributed by atoms with Crippen molar-refractivity contribution < 1.29 is 0 Å². The topological polar surface area (TPSA) is 25.8 Å². The zero-order valence-corrected chi connectivity index (χ0v) is 26.2. The van der Waals surface area contributed by atoms with Gasteiger partial charge in [-0.15, -0.1) is 0 Å². The Bertz CT molecular complexity index is 2510. The van der Waals surface area contributed by atoms with Gasteiger partial charge in [-0.2, -0.15) is 0 Å². The van der Waals surface area contributed by atoms with Crippen molar-refractivity contribution in [1.82, 2.24) is 9.97 Å². The van der Waals surface area contributed by atoms with Gasteiger partial charge in [0.1, 0.15) is 0 Å². The molecule has 0 fully saturated rings. The minimum Gasteiger partial charge on any atom is -0.228 e. The molecule has 0 N–H and O–H groups in total. The van der Waals surface area contributed by atoms with E-state index in [9.17, 15) is 0 Å². The van der Waals surface area contributed by atoms with E-state index >= 15 is 0 Å². The molecule has 0 spiro atoms. The molecular formula is C46H30N2. The van der Waals surface area contributed by atoms with Crippen LogP contribution in [0.1, 0.15) is 0 Å². The predicted octanol–water partition coefficient (Wildman–Crippen LogP) is 12.3. The van der Waals surface area contributed by atoms with Gasteiger partial charge in [-0.05, 0) is 72.8 Å². The maximum absolute atomic E-state index is 5.14. The van der Waals surface area contributed by atoms with Crippen LogP contribution in [-0.4, -0.2) is 9.97 Å². The Morgan fingerprint density at radius 2 is 0.729 bits per heavy atom. The first-order valence-electron chi connectivity index (χ1n) is 16.3. The molecule has 224 valence electrons. The highest BCUT2D eigenvalue weighted by Crippen LogP contribution is 2.39. The van der Waals surface area contributed by atoms with Crippen LogP contribution in [0.4, 0.5) is 0 Å². The minimum absolute atomic E-state index is 0.714. The molecule has 48 heavy (non-hydrogen) atoms. The zero-order chi connectivity index (χ0) is 31.9. The van der Waals surface area contributed by atoms with Gasteiger partial charge in [0.25, 0.3) is 0 Å². The van der Waals surface area contributed by atoms with Gasteiger partial charge in [0, 0.05) is 16.7 Å². The molecule has 0 amide bonds. The third-order valence-electron chi connectivity index (χ3n) is 9.28. The number of nitrogens with zero attached hydrogens (tertiary/aromatic N) is 2. The number of hydrogen-bond donors (Lipinski definition) is 0. The van der Waals surface area contributed by atoms with E-state index in [4.69, 9.17) is 9.97 Å². The fourth-order valence-electron chi connectivity index (χ4n) is 6.97. The fourth-order valence-corrected chi connectivity index (χ4v) is 6.97. The van der Waals surface area contributed by atoms with E-state index < -0.39 is 0 Å². The molecule has 9 aromatic rings. The molecule has 1 aromatic heterocycles. The molecule has 1 heterocycles. The summed E-state index contributed by atoms with van der Waals surface area (Å²) in [5, 5.41) is 7.70. The molecule has 0 aliphatic heterocycles. The largest absolute Gasteiger partial charge is 0.228 e. The van der Waals surface area contributed by atoms with Gasteiger partial charge < -0.3 is 0 Å². The summed E-state index contributed by atoms with van der Waals surface area (Å²) >= 11 is 0. The van der Waals surface area contributed by atoms with Gasteiger partial charge in [-0.3, -0.25) is 0 Å². The van der Waals surface area contributed by atoms with Crippen LogP contribution in [0.3, 0.4) is 0 Å². The maximum atomic E-state index is 5.14. The summed E-state index contributed by atoms with van der Waals surface area (Å²) in [4.78, 5) is 10.2. The van der Waals surface area contributed by atoms with Crippen LogP contribution in [0, 0.1) is 0 Å². The predicted molar refractivity (Wildman–Crippen MR) is 202 cm³/mol. The lowest BCUT2D eigenvalue weighted by molar-refractivity contribution is 1.18. The van der Waals surface area contributed by atoms with Crippen molar-refractivity contribution >= 4 is 32.3 Å².